The zero-order valence-corrected chi connectivity index (χ0v) is 10.8. The molecule has 0 spiro atoms. The molecule has 1 N–H and O–H groups in total. The average Bonchev–Trinajstić information content (AvgIpc) is 2.26. The smallest absolute Gasteiger partial charge is 0.314 e. The number of thioether (sulfide) groups is 1. The van der Waals surface area contributed by atoms with Crippen LogP contribution in [0.2, 0.25) is 0 Å². The van der Waals surface area contributed by atoms with Crippen molar-refractivity contribution < 1.29 is 14.6 Å². The molecule has 0 bridgehead atoms. The lowest BCUT2D eigenvalue weighted by molar-refractivity contribution is -0.147. The van der Waals surface area contributed by atoms with E-state index in [9.17, 15) is 9.90 Å². The van der Waals surface area contributed by atoms with Crippen LogP contribution >= 0.6 is 11.8 Å². The predicted molar refractivity (Wildman–Crippen MR) is 67.9 cm³/mol. The Morgan fingerprint density at radius 3 is 2.59 bits per heavy atom. The molecule has 0 amide bonds. The fourth-order valence-corrected chi connectivity index (χ4v) is 2.84. The number of carbonyl (C=O) groups is 1. The van der Waals surface area contributed by atoms with Gasteiger partial charge in [-0.2, -0.15) is 0 Å². The molecule has 1 fully saturated rings. The van der Waals surface area contributed by atoms with Crippen LogP contribution in [-0.2, 0) is 10.2 Å². The van der Waals surface area contributed by atoms with Crippen molar-refractivity contribution in [3.05, 3.63) is 23.8 Å². The summed E-state index contributed by atoms with van der Waals surface area (Å²) in [6.45, 7) is 0. The molecule has 1 aromatic carbocycles. The predicted octanol–water partition coefficient (Wildman–Crippen LogP) is 2.92. The van der Waals surface area contributed by atoms with E-state index in [1.807, 2.05) is 24.5 Å². The monoisotopic (exact) mass is 252 g/mol. The van der Waals surface area contributed by atoms with E-state index >= 15 is 0 Å². The molecule has 1 saturated carbocycles. The zero-order chi connectivity index (χ0) is 12.5. The standard InChI is InChI=1S/C13H16O3S/c1-16-10-8-9(4-5-11(10)17-2)13(12(14)15)6-3-7-13/h4-5,8H,3,6-7H2,1-2H3,(H,14,15). The van der Waals surface area contributed by atoms with Crippen molar-refractivity contribution in [1.82, 2.24) is 0 Å². The van der Waals surface area contributed by atoms with Gasteiger partial charge in [-0.3, -0.25) is 4.79 Å². The Hall–Kier alpha value is -1.16. The number of rotatable bonds is 4. The molecule has 1 aliphatic carbocycles. The molecule has 0 aromatic heterocycles. The summed E-state index contributed by atoms with van der Waals surface area (Å²) in [5, 5.41) is 9.38. The first kappa shape index (κ1) is 12.3. The first-order chi connectivity index (χ1) is 8.14. The Balaban J connectivity index is 2.42. The molecule has 17 heavy (non-hydrogen) atoms. The highest BCUT2D eigenvalue weighted by molar-refractivity contribution is 7.98. The zero-order valence-electron chi connectivity index (χ0n) is 10.0. The van der Waals surface area contributed by atoms with Gasteiger partial charge in [0.2, 0.25) is 0 Å². The second-order valence-corrected chi connectivity index (χ2v) is 5.16. The van der Waals surface area contributed by atoms with Gasteiger partial charge in [-0.05, 0) is 36.8 Å². The number of hydrogen-bond donors (Lipinski definition) is 1. The number of benzene rings is 1. The topological polar surface area (TPSA) is 46.5 Å². The summed E-state index contributed by atoms with van der Waals surface area (Å²) >= 11 is 1.60. The summed E-state index contributed by atoms with van der Waals surface area (Å²) in [5.41, 5.74) is 0.190. The van der Waals surface area contributed by atoms with Gasteiger partial charge in [-0.15, -0.1) is 11.8 Å². The van der Waals surface area contributed by atoms with Crippen LogP contribution in [0.1, 0.15) is 24.8 Å². The average molecular weight is 252 g/mol. The summed E-state index contributed by atoms with van der Waals surface area (Å²) in [7, 11) is 1.62. The summed E-state index contributed by atoms with van der Waals surface area (Å²) in [6.07, 6.45) is 4.42. The van der Waals surface area contributed by atoms with Gasteiger partial charge in [-0.25, -0.2) is 0 Å². The Morgan fingerprint density at radius 1 is 1.47 bits per heavy atom. The fourth-order valence-electron chi connectivity index (χ4n) is 2.29. The van der Waals surface area contributed by atoms with Crippen LogP contribution in [0, 0.1) is 0 Å². The third kappa shape index (κ3) is 1.90. The molecular weight excluding hydrogens is 236 g/mol. The van der Waals surface area contributed by atoms with Crippen LogP contribution in [0.15, 0.2) is 23.1 Å². The number of aliphatic carboxylic acids is 1. The van der Waals surface area contributed by atoms with E-state index in [1.54, 1.807) is 18.9 Å². The van der Waals surface area contributed by atoms with E-state index in [-0.39, 0.29) is 0 Å². The molecule has 3 nitrogen and oxygen atoms in total. The number of hydrogen-bond acceptors (Lipinski definition) is 3. The lowest BCUT2D eigenvalue weighted by Crippen LogP contribution is -2.42. The Morgan fingerprint density at radius 2 is 2.18 bits per heavy atom. The molecular formula is C13H16O3S. The molecule has 1 aromatic rings. The van der Waals surface area contributed by atoms with Crippen molar-refractivity contribution in [3.8, 4) is 5.75 Å². The molecule has 0 radical (unpaired) electrons. The van der Waals surface area contributed by atoms with Crippen molar-refractivity contribution in [2.75, 3.05) is 13.4 Å². The molecule has 0 atom stereocenters. The van der Waals surface area contributed by atoms with Crippen LogP contribution in [0.4, 0.5) is 0 Å². The summed E-state index contributed by atoms with van der Waals surface area (Å²) in [5.74, 6) is 0.0465. The number of methoxy groups -OCH3 is 1. The van der Waals surface area contributed by atoms with Gasteiger partial charge in [0.15, 0.2) is 0 Å². The highest BCUT2D eigenvalue weighted by atomic mass is 32.2. The van der Waals surface area contributed by atoms with Gasteiger partial charge in [0, 0.05) is 4.90 Å². The summed E-state index contributed by atoms with van der Waals surface area (Å²) in [6, 6.07) is 5.74. The van der Waals surface area contributed by atoms with E-state index in [4.69, 9.17) is 4.74 Å². The van der Waals surface area contributed by atoms with Crippen LogP contribution in [0.25, 0.3) is 0 Å². The second kappa shape index (κ2) is 4.61. The number of carboxylic acids is 1. The summed E-state index contributed by atoms with van der Waals surface area (Å²) < 4.78 is 5.31. The van der Waals surface area contributed by atoms with Crippen molar-refractivity contribution in [2.45, 2.75) is 29.6 Å². The Kier molecular flexibility index (Phi) is 3.33. The van der Waals surface area contributed by atoms with Crippen molar-refractivity contribution in [2.24, 2.45) is 0 Å². The number of ether oxygens (including phenoxy) is 1. The maximum absolute atomic E-state index is 11.4. The van der Waals surface area contributed by atoms with E-state index < -0.39 is 11.4 Å². The Bertz CT molecular complexity index is 438. The van der Waals surface area contributed by atoms with Gasteiger partial charge in [0.1, 0.15) is 5.75 Å². The van der Waals surface area contributed by atoms with E-state index in [1.165, 1.54) is 0 Å². The number of carboxylic acid groups (broad SMARTS) is 1. The minimum absolute atomic E-state index is 0.676. The second-order valence-electron chi connectivity index (χ2n) is 4.31. The van der Waals surface area contributed by atoms with Gasteiger partial charge in [0.05, 0.1) is 12.5 Å². The first-order valence-electron chi connectivity index (χ1n) is 5.60. The van der Waals surface area contributed by atoms with Crippen LogP contribution in [-0.4, -0.2) is 24.4 Å². The largest absolute Gasteiger partial charge is 0.496 e. The van der Waals surface area contributed by atoms with Crippen molar-refractivity contribution in [1.29, 1.82) is 0 Å². The van der Waals surface area contributed by atoms with E-state index in [0.29, 0.717) is 0 Å². The highest BCUT2D eigenvalue weighted by Crippen LogP contribution is 2.45. The van der Waals surface area contributed by atoms with Crippen LogP contribution in [0.5, 0.6) is 5.75 Å². The molecule has 0 heterocycles. The van der Waals surface area contributed by atoms with Crippen LogP contribution in [0.3, 0.4) is 0 Å². The Labute approximate surface area is 105 Å². The lowest BCUT2D eigenvalue weighted by Gasteiger charge is -2.38. The lowest BCUT2D eigenvalue weighted by atomic mass is 9.64. The van der Waals surface area contributed by atoms with Gasteiger partial charge in [0.25, 0.3) is 0 Å². The van der Waals surface area contributed by atoms with Gasteiger partial charge in [-0.1, -0.05) is 12.5 Å². The van der Waals surface area contributed by atoms with Crippen molar-refractivity contribution in [3.63, 3.8) is 0 Å². The molecule has 0 unspecified atom stereocenters. The fraction of sp³-hybridized carbons (Fsp3) is 0.462. The minimum Gasteiger partial charge on any atom is -0.496 e. The first-order valence-corrected chi connectivity index (χ1v) is 6.82. The molecule has 4 heteroatoms. The maximum atomic E-state index is 11.4. The SMILES string of the molecule is COc1cc(C2(C(=O)O)CCC2)ccc1SC. The van der Waals surface area contributed by atoms with Crippen LogP contribution < -0.4 is 4.74 Å². The van der Waals surface area contributed by atoms with Gasteiger partial charge < -0.3 is 9.84 Å². The third-order valence-electron chi connectivity index (χ3n) is 3.55. The molecule has 0 saturated heterocycles. The third-order valence-corrected chi connectivity index (χ3v) is 4.33. The minimum atomic E-state index is -0.720. The van der Waals surface area contributed by atoms with Gasteiger partial charge >= 0.3 is 5.97 Å². The molecule has 2 rings (SSSR count). The molecule has 0 aliphatic heterocycles. The van der Waals surface area contributed by atoms with E-state index in [2.05, 4.69) is 0 Å². The summed E-state index contributed by atoms with van der Waals surface area (Å²) in [4.78, 5) is 12.5. The van der Waals surface area contributed by atoms with E-state index in [0.717, 1.165) is 35.5 Å². The highest BCUT2D eigenvalue weighted by Gasteiger charge is 2.46. The maximum Gasteiger partial charge on any atom is 0.314 e. The van der Waals surface area contributed by atoms with Crippen molar-refractivity contribution >= 4 is 17.7 Å². The molecule has 92 valence electrons. The normalized spacial score (nSPS) is 17.3. The quantitative estimate of drug-likeness (QED) is 0.837. The molecule has 1 aliphatic rings.